The van der Waals surface area contributed by atoms with Crippen LogP contribution in [0.15, 0.2) is 78.9 Å². The number of fused-ring (bicyclic) bond motifs is 1. The molecular formula is C24H17Cl3. The van der Waals surface area contributed by atoms with Gasteiger partial charge in [-0.15, -0.1) is 0 Å². The van der Waals surface area contributed by atoms with Crippen LogP contribution in [-0.4, -0.2) is 0 Å². The second-order valence-corrected chi connectivity index (χ2v) is 7.86. The fraction of sp³-hybridized carbons (Fsp3) is 0.0833. The third-order valence-corrected chi connectivity index (χ3v) is 5.69. The van der Waals surface area contributed by atoms with E-state index in [1.807, 2.05) is 30.3 Å². The molecule has 0 spiro atoms. The number of hydrogen-bond donors (Lipinski definition) is 0. The minimum atomic E-state index is 0.135. The maximum absolute atomic E-state index is 6.34. The monoisotopic (exact) mass is 410 g/mol. The second kappa shape index (κ2) is 7.56. The van der Waals surface area contributed by atoms with E-state index in [1.165, 1.54) is 22.3 Å². The van der Waals surface area contributed by atoms with Gasteiger partial charge in [0, 0.05) is 21.0 Å². The number of hydrogen-bond acceptors (Lipinski definition) is 0. The van der Waals surface area contributed by atoms with Gasteiger partial charge in [0.2, 0.25) is 0 Å². The van der Waals surface area contributed by atoms with Crippen molar-refractivity contribution >= 4 is 45.9 Å². The van der Waals surface area contributed by atoms with Crippen molar-refractivity contribution in [3.8, 4) is 0 Å². The van der Waals surface area contributed by atoms with Crippen LogP contribution in [0.2, 0.25) is 15.1 Å². The number of allylic oxidation sites excluding steroid dienone is 3. The molecule has 1 unspecified atom stereocenters. The molecule has 3 heteroatoms. The average Bonchev–Trinajstić information content (AvgIpc) is 3.03. The van der Waals surface area contributed by atoms with Gasteiger partial charge >= 0.3 is 0 Å². The zero-order valence-electron chi connectivity index (χ0n) is 14.7. The zero-order chi connectivity index (χ0) is 19.0. The molecule has 0 nitrogen and oxygen atoms in total. The van der Waals surface area contributed by atoms with Crippen molar-refractivity contribution in [1.82, 2.24) is 0 Å². The van der Waals surface area contributed by atoms with Crippen LogP contribution in [0.25, 0.3) is 11.1 Å². The molecule has 0 radical (unpaired) electrons. The summed E-state index contributed by atoms with van der Waals surface area (Å²) in [5.74, 6) is 0.135. The van der Waals surface area contributed by atoms with E-state index in [2.05, 4.69) is 55.5 Å². The van der Waals surface area contributed by atoms with E-state index >= 15 is 0 Å². The summed E-state index contributed by atoms with van der Waals surface area (Å²) in [5, 5.41) is 2.22. The Morgan fingerprint density at radius 2 is 1.37 bits per heavy atom. The molecule has 3 aromatic rings. The van der Waals surface area contributed by atoms with Crippen LogP contribution in [0.1, 0.15) is 35.1 Å². The van der Waals surface area contributed by atoms with E-state index < -0.39 is 0 Å². The molecule has 4 rings (SSSR count). The van der Waals surface area contributed by atoms with Crippen molar-refractivity contribution < 1.29 is 0 Å². The Labute approximate surface area is 174 Å². The summed E-state index contributed by atoms with van der Waals surface area (Å²) < 4.78 is 0. The van der Waals surface area contributed by atoms with Crippen molar-refractivity contribution in [2.75, 3.05) is 0 Å². The molecule has 1 aliphatic carbocycles. The third-order valence-electron chi connectivity index (χ3n) is 4.95. The Morgan fingerprint density at radius 3 is 2.00 bits per heavy atom. The molecule has 0 heterocycles. The van der Waals surface area contributed by atoms with E-state index in [4.69, 9.17) is 34.8 Å². The van der Waals surface area contributed by atoms with Crippen LogP contribution in [0.3, 0.4) is 0 Å². The molecule has 0 aromatic heterocycles. The Balaban J connectivity index is 1.86. The van der Waals surface area contributed by atoms with Crippen LogP contribution >= 0.6 is 34.8 Å². The smallest absolute Gasteiger partial charge is 0.0409 e. The lowest BCUT2D eigenvalue weighted by molar-refractivity contribution is 1.13. The third kappa shape index (κ3) is 3.58. The Kier molecular flexibility index (Phi) is 5.14. The first-order valence-corrected chi connectivity index (χ1v) is 9.90. The quantitative estimate of drug-likeness (QED) is 0.406. The van der Waals surface area contributed by atoms with E-state index in [1.54, 1.807) is 0 Å². The lowest BCUT2D eigenvalue weighted by Gasteiger charge is -2.16. The molecule has 27 heavy (non-hydrogen) atoms. The minimum Gasteiger partial charge on any atom is -0.0843 e. The highest BCUT2D eigenvalue weighted by Crippen LogP contribution is 2.46. The largest absolute Gasteiger partial charge is 0.0843 e. The van der Waals surface area contributed by atoms with Gasteiger partial charge < -0.3 is 0 Å². The maximum atomic E-state index is 6.34. The average molecular weight is 412 g/mol. The highest BCUT2D eigenvalue weighted by Gasteiger charge is 2.27. The normalized spacial score (nSPS) is 16.2. The van der Waals surface area contributed by atoms with Gasteiger partial charge in [-0.3, -0.25) is 0 Å². The van der Waals surface area contributed by atoms with Gasteiger partial charge in [0.25, 0.3) is 0 Å². The second-order valence-electron chi connectivity index (χ2n) is 6.55. The first kappa shape index (κ1) is 18.4. The summed E-state index contributed by atoms with van der Waals surface area (Å²) in [5.41, 5.74) is 7.18. The topological polar surface area (TPSA) is 0 Å². The molecule has 1 aliphatic rings. The van der Waals surface area contributed by atoms with Crippen LogP contribution in [-0.2, 0) is 0 Å². The Hall–Kier alpha value is -1.99. The van der Waals surface area contributed by atoms with E-state index in [0.717, 1.165) is 26.2 Å². The molecule has 134 valence electrons. The molecule has 0 saturated heterocycles. The van der Waals surface area contributed by atoms with Gasteiger partial charge in [-0.1, -0.05) is 77.3 Å². The SMILES string of the molecule is C/C=C(/c1ccc(Cl)cc1)C1C=C(c2ccc(Cl)cc2)c2ccc(Cl)cc21. The number of benzene rings is 3. The molecule has 0 N–H and O–H groups in total. The predicted molar refractivity (Wildman–Crippen MR) is 118 cm³/mol. The molecule has 0 amide bonds. The number of rotatable bonds is 3. The van der Waals surface area contributed by atoms with Crippen molar-refractivity contribution in [3.05, 3.63) is 116 Å². The van der Waals surface area contributed by atoms with Gasteiger partial charge in [0.15, 0.2) is 0 Å². The van der Waals surface area contributed by atoms with Gasteiger partial charge in [-0.2, -0.15) is 0 Å². The van der Waals surface area contributed by atoms with Crippen LogP contribution in [0.4, 0.5) is 0 Å². The maximum Gasteiger partial charge on any atom is 0.0409 e. The molecule has 0 bridgehead atoms. The highest BCUT2D eigenvalue weighted by atomic mass is 35.5. The zero-order valence-corrected chi connectivity index (χ0v) is 17.0. The first-order chi connectivity index (χ1) is 13.1. The summed E-state index contributed by atoms with van der Waals surface area (Å²) in [6.45, 7) is 2.07. The predicted octanol–water partition coefficient (Wildman–Crippen LogP) is 8.28. The molecule has 0 aliphatic heterocycles. The Morgan fingerprint density at radius 1 is 0.778 bits per heavy atom. The summed E-state index contributed by atoms with van der Waals surface area (Å²) in [4.78, 5) is 0. The summed E-state index contributed by atoms with van der Waals surface area (Å²) in [6.07, 6.45) is 4.48. The highest BCUT2D eigenvalue weighted by molar-refractivity contribution is 6.31. The summed E-state index contributed by atoms with van der Waals surface area (Å²) in [6, 6.07) is 22.1. The van der Waals surface area contributed by atoms with E-state index in [9.17, 15) is 0 Å². The van der Waals surface area contributed by atoms with Gasteiger partial charge in [-0.25, -0.2) is 0 Å². The van der Waals surface area contributed by atoms with E-state index in [-0.39, 0.29) is 5.92 Å². The number of halogens is 3. The molecule has 0 fully saturated rings. The van der Waals surface area contributed by atoms with E-state index in [0.29, 0.717) is 0 Å². The van der Waals surface area contributed by atoms with Crippen molar-refractivity contribution in [1.29, 1.82) is 0 Å². The molecule has 1 atom stereocenters. The molecule has 3 aromatic carbocycles. The molecular weight excluding hydrogens is 395 g/mol. The fourth-order valence-corrected chi connectivity index (χ4v) is 4.12. The minimum absolute atomic E-state index is 0.135. The fourth-order valence-electron chi connectivity index (χ4n) is 3.69. The first-order valence-electron chi connectivity index (χ1n) is 8.76. The summed E-state index contributed by atoms with van der Waals surface area (Å²) >= 11 is 18.5. The van der Waals surface area contributed by atoms with Gasteiger partial charge in [0.1, 0.15) is 0 Å². The summed E-state index contributed by atoms with van der Waals surface area (Å²) in [7, 11) is 0. The van der Waals surface area contributed by atoms with Gasteiger partial charge in [-0.05, 0) is 76.7 Å². The van der Waals surface area contributed by atoms with Crippen LogP contribution in [0, 0.1) is 0 Å². The van der Waals surface area contributed by atoms with Crippen LogP contribution < -0.4 is 0 Å². The van der Waals surface area contributed by atoms with Crippen molar-refractivity contribution in [3.63, 3.8) is 0 Å². The Bertz CT molecular complexity index is 1040. The van der Waals surface area contributed by atoms with Crippen molar-refractivity contribution in [2.45, 2.75) is 12.8 Å². The lowest BCUT2D eigenvalue weighted by atomic mass is 9.88. The van der Waals surface area contributed by atoms with Crippen molar-refractivity contribution in [2.24, 2.45) is 0 Å². The van der Waals surface area contributed by atoms with Gasteiger partial charge in [0.05, 0.1) is 0 Å². The lowest BCUT2D eigenvalue weighted by Crippen LogP contribution is -1.98. The standard InChI is InChI=1S/C24H17Cl3/c1-2-20(15-3-7-17(25)8-4-15)24-14-22(16-5-9-18(26)10-6-16)21-12-11-19(27)13-23(21)24/h2-14,24H,1H3/b20-2-. The van der Waals surface area contributed by atoms with Crippen LogP contribution in [0.5, 0.6) is 0 Å². The molecule has 0 saturated carbocycles.